The minimum absolute atomic E-state index is 0.0348. The molecule has 0 atom stereocenters. The van der Waals surface area contributed by atoms with Gasteiger partial charge < -0.3 is 19.7 Å². The first kappa shape index (κ1) is 22.2. The highest BCUT2D eigenvalue weighted by Gasteiger charge is 2.06. The minimum atomic E-state index is -2.98. The predicted octanol–water partition coefficient (Wildman–Crippen LogP) is 1.33. The van der Waals surface area contributed by atoms with Crippen LogP contribution in [0.3, 0.4) is 0 Å². The topological polar surface area (TPSA) is 80.2 Å². The summed E-state index contributed by atoms with van der Waals surface area (Å²) in [6, 6.07) is 7.97. The van der Waals surface area contributed by atoms with Crippen LogP contribution in [-0.4, -0.2) is 77.8 Å². The van der Waals surface area contributed by atoms with Crippen molar-refractivity contribution >= 4 is 15.8 Å². The summed E-state index contributed by atoms with van der Waals surface area (Å²) < 4.78 is 33.1. The van der Waals surface area contributed by atoms with Gasteiger partial charge in [-0.25, -0.2) is 8.42 Å². The van der Waals surface area contributed by atoms with Crippen molar-refractivity contribution < 1.29 is 17.9 Å². The van der Waals surface area contributed by atoms with Crippen molar-refractivity contribution in [3.8, 4) is 5.75 Å². The Morgan fingerprint density at radius 2 is 1.88 bits per heavy atom. The molecular formula is C18H31N3O4S. The van der Waals surface area contributed by atoms with Gasteiger partial charge in [-0.3, -0.25) is 4.99 Å². The fourth-order valence-corrected chi connectivity index (χ4v) is 2.46. The Kier molecular flexibility index (Phi) is 10.0. The lowest BCUT2D eigenvalue weighted by atomic mass is 10.2. The number of aryl methyl sites for hydroxylation is 1. The summed E-state index contributed by atoms with van der Waals surface area (Å²) in [6.07, 6.45) is 1.20. The highest BCUT2D eigenvalue weighted by atomic mass is 32.2. The molecule has 1 aromatic rings. The van der Waals surface area contributed by atoms with Gasteiger partial charge in [-0.15, -0.1) is 0 Å². The zero-order chi connectivity index (χ0) is 19.4. The van der Waals surface area contributed by atoms with Crippen molar-refractivity contribution in [1.82, 2.24) is 10.2 Å². The van der Waals surface area contributed by atoms with E-state index in [1.54, 1.807) is 0 Å². The lowest BCUT2D eigenvalue weighted by molar-refractivity contribution is 0.157. The molecule has 26 heavy (non-hydrogen) atoms. The number of guanidine groups is 1. The highest BCUT2D eigenvalue weighted by Crippen LogP contribution is 2.11. The van der Waals surface area contributed by atoms with Crippen molar-refractivity contribution in [2.24, 2.45) is 4.99 Å². The van der Waals surface area contributed by atoms with Gasteiger partial charge in [0.05, 0.1) is 32.1 Å². The molecule has 1 rings (SSSR count). The molecule has 0 aliphatic rings. The van der Waals surface area contributed by atoms with E-state index in [0.717, 1.165) is 18.3 Å². The van der Waals surface area contributed by atoms with Gasteiger partial charge in [-0.1, -0.05) is 17.7 Å². The number of rotatable bonds is 11. The number of ether oxygens (including phenoxy) is 2. The second-order valence-corrected chi connectivity index (χ2v) is 8.32. The number of hydrogen-bond acceptors (Lipinski definition) is 5. The predicted molar refractivity (Wildman–Crippen MR) is 106 cm³/mol. The van der Waals surface area contributed by atoms with E-state index in [1.165, 1.54) is 11.8 Å². The Labute approximate surface area is 157 Å². The second kappa shape index (κ2) is 11.7. The molecule has 1 N–H and O–H groups in total. The van der Waals surface area contributed by atoms with Crippen LogP contribution in [0.25, 0.3) is 0 Å². The summed E-state index contributed by atoms with van der Waals surface area (Å²) in [5, 5.41) is 3.22. The first-order chi connectivity index (χ1) is 12.3. The van der Waals surface area contributed by atoms with Crippen LogP contribution in [0, 0.1) is 6.92 Å². The fourth-order valence-electron chi connectivity index (χ4n) is 2.04. The monoisotopic (exact) mass is 385 g/mol. The first-order valence-corrected chi connectivity index (χ1v) is 10.8. The van der Waals surface area contributed by atoms with E-state index >= 15 is 0 Å². The zero-order valence-electron chi connectivity index (χ0n) is 16.2. The molecule has 0 saturated heterocycles. The Morgan fingerprint density at radius 3 is 2.50 bits per heavy atom. The minimum Gasteiger partial charge on any atom is -0.492 e. The number of likely N-dealkylation sites (N-methyl/N-ethyl adjacent to an activating group) is 1. The van der Waals surface area contributed by atoms with E-state index < -0.39 is 9.84 Å². The molecule has 0 radical (unpaired) electrons. The average Bonchev–Trinajstić information content (AvgIpc) is 2.57. The molecule has 7 nitrogen and oxygen atoms in total. The highest BCUT2D eigenvalue weighted by molar-refractivity contribution is 7.90. The number of sulfone groups is 1. The lowest BCUT2D eigenvalue weighted by Crippen LogP contribution is -2.41. The summed E-state index contributed by atoms with van der Waals surface area (Å²) in [5.41, 5.74) is 1.20. The summed E-state index contributed by atoms with van der Waals surface area (Å²) in [5.74, 6) is 1.66. The Hall–Kier alpha value is -1.80. The third kappa shape index (κ3) is 10.2. The first-order valence-electron chi connectivity index (χ1n) is 8.76. The van der Waals surface area contributed by atoms with E-state index in [4.69, 9.17) is 9.47 Å². The maximum absolute atomic E-state index is 11.0. The molecule has 0 fully saturated rings. The van der Waals surface area contributed by atoms with Gasteiger partial charge in [-0.2, -0.15) is 0 Å². The quantitative estimate of drug-likeness (QED) is 0.352. The molecule has 0 heterocycles. The number of hydrogen-bond donors (Lipinski definition) is 1. The van der Waals surface area contributed by atoms with Crippen molar-refractivity contribution in [1.29, 1.82) is 0 Å². The van der Waals surface area contributed by atoms with Crippen molar-refractivity contribution in [2.45, 2.75) is 13.8 Å². The Balaban J connectivity index is 2.34. The van der Waals surface area contributed by atoms with Crippen LogP contribution in [0.2, 0.25) is 0 Å². The summed E-state index contributed by atoms with van der Waals surface area (Å²) in [4.78, 5) is 6.48. The number of nitrogens with one attached hydrogen (secondary N) is 1. The molecule has 8 heteroatoms. The average molecular weight is 386 g/mol. The molecule has 1 aromatic carbocycles. The van der Waals surface area contributed by atoms with Crippen molar-refractivity contribution in [2.75, 3.05) is 58.5 Å². The van der Waals surface area contributed by atoms with Crippen LogP contribution in [-0.2, 0) is 14.6 Å². The third-order valence-electron chi connectivity index (χ3n) is 3.51. The largest absolute Gasteiger partial charge is 0.492 e. The Bertz CT molecular complexity index is 645. The molecule has 0 saturated carbocycles. The molecule has 0 unspecified atom stereocenters. The number of nitrogens with zero attached hydrogens (tertiary/aromatic N) is 2. The molecule has 0 aliphatic heterocycles. The van der Waals surface area contributed by atoms with Crippen molar-refractivity contribution in [3.63, 3.8) is 0 Å². The molecule has 0 bridgehead atoms. The van der Waals surface area contributed by atoms with Gasteiger partial charge in [0.25, 0.3) is 0 Å². The van der Waals surface area contributed by atoms with Gasteiger partial charge >= 0.3 is 0 Å². The fraction of sp³-hybridized carbons (Fsp3) is 0.611. The summed E-state index contributed by atoms with van der Waals surface area (Å²) in [6.45, 7) is 7.11. The van der Waals surface area contributed by atoms with Gasteiger partial charge in [-0.05, 0) is 26.0 Å². The maximum Gasteiger partial charge on any atom is 0.193 e. The van der Waals surface area contributed by atoms with E-state index in [1.807, 2.05) is 50.1 Å². The van der Waals surface area contributed by atoms with Gasteiger partial charge in [0, 0.05) is 19.8 Å². The van der Waals surface area contributed by atoms with Gasteiger partial charge in [0.1, 0.15) is 22.2 Å². The van der Waals surface area contributed by atoms with Crippen LogP contribution >= 0.6 is 0 Å². The van der Waals surface area contributed by atoms with Crippen molar-refractivity contribution in [3.05, 3.63) is 29.8 Å². The van der Waals surface area contributed by atoms with E-state index in [2.05, 4.69) is 10.3 Å². The SMILES string of the molecule is CCNC(=NCCOCCS(C)(=O)=O)N(C)CCOc1ccc(C)cc1. The van der Waals surface area contributed by atoms with E-state index in [9.17, 15) is 8.42 Å². The second-order valence-electron chi connectivity index (χ2n) is 6.06. The van der Waals surface area contributed by atoms with Crippen LogP contribution in [0.15, 0.2) is 29.3 Å². The maximum atomic E-state index is 11.0. The normalized spacial score (nSPS) is 12.1. The number of benzene rings is 1. The van der Waals surface area contributed by atoms with Crippen LogP contribution in [0.5, 0.6) is 5.75 Å². The summed E-state index contributed by atoms with van der Waals surface area (Å²) in [7, 11) is -1.03. The van der Waals surface area contributed by atoms with Crippen LogP contribution in [0.1, 0.15) is 12.5 Å². The Morgan fingerprint density at radius 1 is 1.19 bits per heavy atom. The number of aliphatic imine (C=N–C) groups is 1. The van der Waals surface area contributed by atoms with Gasteiger partial charge in [0.2, 0.25) is 0 Å². The molecule has 0 aliphatic carbocycles. The molecule has 0 spiro atoms. The third-order valence-corrected chi connectivity index (χ3v) is 4.42. The molecular weight excluding hydrogens is 354 g/mol. The molecule has 148 valence electrons. The van der Waals surface area contributed by atoms with Gasteiger partial charge in [0.15, 0.2) is 5.96 Å². The summed E-state index contributed by atoms with van der Waals surface area (Å²) >= 11 is 0. The smallest absolute Gasteiger partial charge is 0.193 e. The van der Waals surface area contributed by atoms with Crippen LogP contribution < -0.4 is 10.1 Å². The van der Waals surface area contributed by atoms with Crippen LogP contribution in [0.4, 0.5) is 0 Å². The lowest BCUT2D eigenvalue weighted by Gasteiger charge is -2.22. The standard InChI is InChI=1S/C18H31N3O4S/c1-5-19-18(20-10-12-24-14-15-26(4,22)23)21(3)11-13-25-17-8-6-16(2)7-9-17/h6-9H,5,10-15H2,1-4H3,(H,19,20). The molecule has 0 aromatic heterocycles. The zero-order valence-corrected chi connectivity index (χ0v) is 17.0. The van der Waals surface area contributed by atoms with E-state index in [-0.39, 0.29) is 12.4 Å². The molecule has 0 amide bonds. The van der Waals surface area contributed by atoms with E-state index in [0.29, 0.717) is 26.3 Å².